The highest BCUT2D eigenvalue weighted by molar-refractivity contribution is 5.93. The highest BCUT2D eigenvalue weighted by Gasteiger charge is 2.44. The molecule has 42 heavy (non-hydrogen) atoms. The first-order valence-electron chi connectivity index (χ1n) is 14.2. The van der Waals surface area contributed by atoms with Gasteiger partial charge in [0.2, 0.25) is 11.8 Å². The minimum atomic E-state index is -1.18. The van der Waals surface area contributed by atoms with Crippen LogP contribution < -0.4 is 15.4 Å². The number of hydrogen-bond donors (Lipinski definition) is 3. The first-order chi connectivity index (χ1) is 19.8. The standard InChI is InChI=1S/C29H40N4O9/c1-29(2,3)42-28(38)31-22-11-9-7-5-4-6-8-10-12-23(27(36)37)30-25(34)24-17-21(18-32(24)26(22)35)41-20-15-13-19(14-16-20)33(39)40/h6,8,13-16,21-24H,4-5,7,9-12,17-18H2,1-3H3,(H,30,34)(H,31,38)(H,36,37). The van der Waals surface area contributed by atoms with E-state index in [-0.39, 0.29) is 25.1 Å². The number of nitrogens with one attached hydrogen (secondary N) is 2. The van der Waals surface area contributed by atoms with Crippen LogP contribution in [0.2, 0.25) is 0 Å². The highest BCUT2D eigenvalue weighted by Crippen LogP contribution is 2.27. The van der Waals surface area contributed by atoms with Crippen molar-refractivity contribution in [3.05, 3.63) is 46.5 Å². The zero-order valence-corrected chi connectivity index (χ0v) is 24.2. The molecule has 4 atom stereocenters. The number of allylic oxidation sites excluding steroid dienone is 2. The summed E-state index contributed by atoms with van der Waals surface area (Å²) in [5.41, 5.74) is -0.902. The maximum atomic E-state index is 13.9. The third-order valence-corrected chi connectivity index (χ3v) is 6.95. The number of nitro benzene ring substituents is 1. The molecule has 0 radical (unpaired) electrons. The number of carboxylic acid groups (broad SMARTS) is 1. The van der Waals surface area contributed by atoms with Gasteiger partial charge in [-0.15, -0.1) is 0 Å². The van der Waals surface area contributed by atoms with E-state index >= 15 is 0 Å². The van der Waals surface area contributed by atoms with E-state index in [0.717, 1.165) is 19.3 Å². The zero-order chi connectivity index (χ0) is 30.9. The molecule has 3 N–H and O–H groups in total. The number of amides is 3. The highest BCUT2D eigenvalue weighted by atomic mass is 16.6. The minimum absolute atomic E-state index is 0.0130. The molecular weight excluding hydrogens is 548 g/mol. The van der Waals surface area contributed by atoms with Crippen LogP contribution >= 0.6 is 0 Å². The van der Waals surface area contributed by atoms with Crippen molar-refractivity contribution in [3.63, 3.8) is 0 Å². The van der Waals surface area contributed by atoms with Crippen molar-refractivity contribution < 1.29 is 38.7 Å². The van der Waals surface area contributed by atoms with Gasteiger partial charge >= 0.3 is 12.1 Å². The maximum absolute atomic E-state index is 13.9. The average Bonchev–Trinajstić information content (AvgIpc) is 3.32. The molecule has 3 amide bonds. The SMILES string of the molecule is CC(C)(C)OC(=O)NC1CCCCCC=CCCC(C(=O)O)NC(=O)C2CC(Oc3ccc([N+](=O)[O-])cc3)CN2C1=O. The summed E-state index contributed by atoms with van der Waals surface area (Å²) >= 11 is 0. The quantitative estimate of drug-likeness (QED) is 0.263. The van der Waals surface area contributed by atoms with Gasteiger partial charge in [-0.3, -0.25) is 19.7 Å². The largest absolute Gasteiger partial charge is 0.488 e. The van der Waals surface area contributed by atoms with E-state index in [1.807, 2.05) is 12.2 Å². The number of non-ortho nitro benzene ring substituents is 1. The Balaban J connectivity index is 1.88. The molecule has 230 valence electrons. The third kappa shape index (κ3) is 9.74. The summed E-state index contributed by atoms with van der Waals surface area (Å²) in [6, 6.07) is 2.24. The van der Waals surface area contributed by atoms with Crippen molar-refractivity contribution in [2.75, 3.05) is 6.54 Å². The van der Waals surface area contributed by atoms with Crippen LogP contribution in [0.1, 0.15) is 72.1 Å². The van der Waals surface area contributed by atoms with Gasteiger partial charge in [-0.05, 0) is 65.0 Å². The summed E-state index contributed by atoms with van der Waals surface area (Å²) in [6.07, 6.45) is 6.59. The smallest absolute Gasteiger partial charge is 0.408 e. The second-order valence-electron chi connectivity index (χ2n) is 11.5. The lowest BCUT2D eigenvalue weighted by Crippen LogP contribution is -2.55. The molecule has 2 aliphatic heterocycles. The number of rotatable bonds is 5. The molecular formula is C29H40N4O9. The minimum Gasteiger partial charge on any atom is -0.488 e. The van der Waals surface area contributed by atoms with Crippen LogP contribution in [0.25, 0.3) is 0 Å². The lowest BCUT2D eigenvalue weighted by molar-refractivity contribution is -0.384. The molecule has 3 rings (SSSR count). The van der Waals surface area contributed by atoms with Gasteiger partial charge in [0.15, 0.2) is 0 Å². The Morgan fingerprint density at radius 3 is 2.40 bits per heavy atom. The van der Waals surface area contributed by atoms with Gasteiger partial charge in [0, 0.05) is 18.6 Å². The van der Waals surface area contributed by atoms with E-state index in [0.29, 0.717) is 25.0 Å². The fraction of sp³-hybridized carbons (Fsp3) is 0.586. The molecule has 0 spiro atoms. The molecule has 1 aromatic rings. The van der Waals surface area contributed by atoms with Crippen LogP contribution in [-0.4, -0.2) is 75.2 Å². The third-order valence-electron chi connectivity index (χ3n) is 6.95. The summed E-state index contributed by atoms with van der Waals surface area (Å²) in [6.45, 7) is 5.11. The van der Waals surface area contributed by atoms with E-state index in [9.17, 15) is 34.4 Å². The Kier molecular flexibility index (Phi) is 11.3. The van der Waals surface area contributed by atoms with Crippen molar-refractivity contribution in [2.24, 2.45) is 0 Å². The monoisotopic (exact) mass is 588 g/mol. The summed E-state index contributed by atoms with van der Waals surface area (Å²) in [7, 11) is 0. The second kappa shape index (κ2) is 14.6. The van der Waals surface area contributed by atoms with Crippen molar-refractivity contribution in [2.45, 2.75) is 102 Å². The van der Waals surface area contributed by atoms with E-state index < -0.39 is 58.6 Å². The number of nitrogens with zero attached hydrogens (tertiary/aromatic N) is 2. The normalized spacial score (nSPS) is 24.3. The number of carbonyl (C=O) groups is 4. The number of aliphatic carboxylic acids is 1. The summed E-state index contributed by atoms with van der Waals surface area (Å²) < 4.78 is 11.4. The maximum Gasteiger partial charge on any atom is 0.408 e. The molecule has 0 bridgehead atoms. The fourth-order valence-corrected chi connectivity index (χ4v) is 4.93. The van der Waals surface area contributed by atoms with Crippen molar-refractivity contribution in [1.82, 2.24) is 15.5 Å². The van der Waals surface area contributed by atoms with E-state index in [1.165, 1.54) is 29.2 Å². The molecule has 13 heteroatoms. The lowest BCUT2D eigenvalue weighted by Gasteiger charge is -2.30. The zero-order valence-electron chi connectivity index (χ0n) is 24.2. The van der Waals surface area contributed by atoms with Crippen LogP contribution in [0.4, 0.5) is 10.5 Å². The Morgan fingerprint density at radius 1 is 1.07 bits per heavy atom. The van der Waals surface area contributed by atoms with Crippen LogP contribution in [0.3, 0.4) is 0 Å². The molecule has 0 aromatic heterocycles. The van der Waals surface area contributed by atoms with Crippen LogP contribution in [0, 0.1) is 10.1 Å². The first kappa shape index (κ1) is 32.4. The number of carbonyl (C=O) groups excluding carboxylic acids is 3. The molecule has 0 saturated carbocycles. The molecule has 4 unspecified atom stereocenters. The summed E-state index contributed by atoms with van der Waals surface area (Å²) in [5.74, 6) is -2.01. The number of alkyl carbamates (subject to hydrolysis) is 1. The number of carboxylic acids is 1. The van der Waals surface area contributed by atoms with Crippen LogP contribution in [0.15, 0.2) is 36.4 Å². The molecule has 2 aliphatic rings. The van der Waals surface area contributed by atoms with Crippen molar-refractivity contribution in [3.8, 4) is 5.75 Å². The van der Waals surface area contributed by atoms with E-state index in [2.05, 4.69) is 10.6 Å². The Morgan fingerprint density at radius 2 is 1.76 bits per heavy atom. The van der Waals surface area contributed by atoms with Crippen molar-refractivity contribution in [1.29, 1.82) is 0 Å². The van der Waals surface area contributed by atoms with Gasteiger partial charge in [-0.1, -0.05) is 25.0 Å². The van der Waals surface area contributed by atoms with E-state index in [1.54, 1.807) is 20.8 Å². The topological polar surface area (TPSA) is 177 Å². The Bertz CT molecular complexity index is 1160. The predicted molar refractivity (Wildman–Crippen MR) is 152 cm³/mol. The number of ether oxygens (including phenoxy) is 2. The van der Waals surface area contributed by atoms with Gasteiger partial charge in [0.05, 0.1) is 11.5 Å². The molecule has 13 nitrogen and oxygen atoms in total. The van der Waals surface area contributed by atoms with Crippen LogP contribution in [0.5, 0.6) is 5.75 Å². The molecule has 1 saturated heterocycles. The van der Waals surface area contributed by atoms with Crippen LogP contribution in [-0.2, 0) is 19.1 Å². The van der Waals surface area contributed by atoms with Gasteiger partial charge in [0.1, 0.15) is 35.6 Å². The Hall–Kier alpha value is -4.16. The molecule has 0 aliphatic carbocycles. The van der Waals surface area contributed by atoms with Gasteiger partial charge in [-0.25, -0.2) is 9.59 Å². The number of fused-ring (bicyclic) bond motifs is 1. The first-order valence-corrected chi connectivity index (χ1v) is 14.2. The van der Waals surface area contributed by atoms with E-state index in [4.69, 9.17) is 9.47 Å². The molecule has 1 fully saturated rings. The van der Waals surface area contributed by atoms with Crippen molar-refractivity contribution >= 4 is 29.6 Å². The number of benzene rings is 1. The average molecular weight is 589 g/mol. The second-order valence-corrected chi connectivity index (χ2v) is 11.5. The number of hydrogen-bond acceptors (Lipinski definition) is 8. The summed E-state index contributed by atoms with van der Waals surface area (Å²) in [5, 5.41) is 26.0. The van der Waals surface area contributed by atoms with Gasteiger partial charge < -0.3 is 30.1 Å². The molecule has 2 heterocycles. The molecule has 1 aromatic carbocycles. The summed E-state index contributed by atoms with van der Waals surface area (Å²) in [4.78, 5) is 63.7. The lowest BCUT2D eigenvalue weighted by atomic mass is 10.0. The van der Waals surface area contributed by atoms with Gasteiger partial charge in [0.25, 0.3) is 5.69 Å². The predicted octanol–water partition coefficient (Wildman–Crippen LogP) is 3.71. The fourth-order valence-electron chi connectivity index (χ4n) is 4.93. The Labute approximate surface area is 244 Å². The van der Waals surface area contributed by atoms with Gasteiger partial charge in [-0.2, -0.15) is 0 Å². The number of nitro groups is 1.